The highest BCUT2D eigenvalue weighted by Gasteiger charge is 2.18. The van der Waals surface area contributed by atoms with Crippen molar-refractivity contribution < 1.29 is 4.74 Å². The summed E-state index contributed by atoms with van der Waals surface area (Å²) >= 11 is 0. The van der Waals surface area contributed by atoms with Gasteiger partial charge in [0, 0.05) is 42.5 Å². The van der Waals surface area contributed by atoms with Crippen LogP contribution in [0.25, 0.3) is 11.3 Å². The number of aromatic nitrogens is 3. The van der Waals surface area contributed by atoms with Gasteiger partial charge in [0.2, 0.25) is 0 Å². The molecule has 0 radical (unpaired) electrons. The highest BCUT2D eigenvalue weighted by Crippen LogP contribution is 2.32. The van der Waals surface area contributed by atoms with E-state index in [2.05, 4.69) is 39.2 Å². The molecule has 0 aliphatic rings. The van der Waals surface area contributed by atoms with Crippen LogP contribution in [0.5, 0.6) is 5.75 Å². The molecule has 4 aromatic rings. The average Bonchev–Trinajstić information content (AvgIpc) is 2.79. The number of nitrogens with zero attached hydrogens (tertiary/aromatic N) is 3. The fourth-order valence-electron chi connectivity index (χ4n) is 3.45. The molecule has 0 saturated heterocycles. The van der Waals surface area contributed by atoms with Crippen LogP contribution in [-0.4, -0.2) is 22.1 Å². The normalized spacial score (nSPS) is 10.8. The lowest BCUT2D eigenvalue weighted by molar-refractivity contribution is 0.415. The third-order valence-electron chi connectivity index (χ3n) is 4.83. The van der Waals surface area contributed by atoms with Crippen LogP contribution in [0.3, 0.4) is 0 Å². The van der Waals surface area contributed by atoms with Crippen molar-refractivity contribution in [1.82, 2.24) is 15.0 Å². The lowest BCUT2D eigenvalue weighted by atomic mass is 9.86. The first-order valence-corrected chi connectivity index (χ1v) is 9.23. The summed E-state index contributed by atoms with van der Waals surface area (Å²) in [7, 11) is 1.68. The molecule has 0 amide bonds. The van der Waals surface area contributed by atoms with Crippen molar-refractivity contribution >= 4 is 0 Å². The lowest BCUT2D eigenvalue weighted by Crippen LogP contribution is -2.07. The van der Waals surface area contributed by atoms with E-state index in [0.29, 0.717) is 0 Å². The molecular weight excluding hydrogens is 346 g/mol. The third kappa shape index (κ3) is 3.91. The summed E-state index contributed by atoms with van der Waals surface area (Å²) in [4.78, 5) is 13.3. The van der Waals surface area contributed by atoms with Gasteiger partial charge < -0.3 is 4.74 Å². The van der Waals surface area contributed by atoms with Gasteiger partial charge in [-0.1, -0.05) is 30.3 Å². The molecule has 28 heavy (non-hydrogen) atoms. The van der Waals surface area contributed by atoms with Gasteiger partial charge in [-0.15, -0.1) is 0 Å². The van der Waals surface area contributed by atoms with Crippen molar-refractivity contribution in [1.29, 1.82) is 0 Å². The Balaban J connectivity index is 1.76. The Hall–Kier alpha value is -3.53. The first-order chi connectivity index (χ1) is 13.8. The molecule has 3 heterocycles. The van der Waals surface area contributed by atoms with E-state index < -0.39 is 0 Å². The Morgan fingerprint density at radius 3 is 2.18 bits per heavy atom. The highest BCUT2D eigenvalue weighted by atomic mass is 16.5. The first kappa shape index (κ1) is 17.9. The molecule has 4 nitrogen and oxygen atoms in total. The number of rotatable bonds is 6. The fraction of sp³-hybridized carbons (Fsp3) is 0.125. The molecule has 0 fully saturated rings. The maximum Gasteiger partial charge on any atom is 0.119 e. The molecule has 0 bridgehead atoms. The Labute approximate surface area is 164 Å². The van der Waals surface area contributed by atoms with Crippen LogP contribution in [0.4, 0.5) is 0 Å². The van der Waals surface area contributed by atoms with Crippen molar-refractivity contribution in [3.05, 3.63) is 108 Å². The summed E-state index contributed by atoms with van der Waals surface area (Å²) in [5.74, 6) is 0.973. The van der Waals surface area contributed by atoms with E-state index in [1.54, 1.807) is 19.5 Å². The van der Waals surface area contributed by atoms with Crippen LogP contribution in [0.2, 0.25) is 0 Å². The number of ether oxygens (including phenoxy) is 1. The summed E-state index contributed by atoms with van der Waals surface area (Å²) < 4.78 is 5.39. The Bertz CT molecular complexity index is 996. The maximum absolute atomic E-state index is 5.39. The predicted molar refractivity (Wildman–Crippen MR) is 110 cm³/mol. The number of benzene rings is 1. The highest BCUT2D eigenvalue weighted by molar-refractivity contribution is 5.65. The van der Waals surface area contributed by atoms with Crippen LogP contribution in [0, 0.1) is 0 Å². The van der Waals surface area contributed by atoms with Crippen molar-refractivity contribution in [2.24, 2.45) is 0 Å². The minimum Gasteiger partial charge on any atom is -0.497 e. The summed E-state index contributed by atoms with van der Waals surface area (Å²) in [5.41, 5.74) is 5.52. The van der Waals surface area contributed by atoms with E-state index in [1.165, 1.54) is 5.56 Å². The Morgan fingerprint density at radius 2 is 1.54 bits per heavy atom. The minimum absolute atomic E-state index is 0.149. The number of hydrogen-bond donors (Lipinski definition) is 0. The van der Waals surface area contributed by atoms with Crippen LogP contribution in [0.1, 0.15) is 22.6 Å². The second-order valence-corrected chi connectivity index (χ2v) is 6.57. The van der Waals surface area contributed by atoms with Crippen LogP contribution >= 0.6 is 0 Å². The van der Waals surface area contributed by atoms with E-state index in [-0.39, 0.29) is 5.92 Å². The average molecular weight is 367 g/mol. The maximum atomic E-state index is 5.39. The van der Waals surface area contributed by atoms with Crippen LogP contribution in [-0.2, 0) is 6.42 Å². The molecule has 0 aliphatic carbocycles. The van der Waals surface area contributed by atoms with Gasteiger partial charge in [-0.2, -0.15) is 0 Å². The molecule has 4 heteroatoms. The van der Waals surface area contributed by atoms with Gasteiger partial charge in [0.25, 0.3) is 0 Å². The molecule has 0 saturated carbocycles. The van der Waals surface area contributed by atoms with Crippen LogP contribution in [0.15, 0.2) is 91.6 Å². The van der Waals surface area contributed by atoms with Gasteiger partial charge in [0.15, 0.2) is 0 Å². The zero-order chi connectivity index (χ0) is 19.2. The Kier molecular flexibility index (Phi) is 5.38. The van der Waals surface area contributed by atoms with Gasteiger partial charge in [0.05, 0.1) is 12.8 Å². The zero-order valence-corrected chi connectivity index (χ0v) is 15.7. The second-order valence-electron chi connectivity index (χ2n) is 6.57. The van der Waals surface area contributed by atoms with Gasteiger partial charge in [0.1, 0.15) is 5.75 Å². The topological polar surface area (TPSA) is 47.9 Å². The number of pyridine rings is 3. The van der Waals surface area contributed by atoms with E-state index in [4.69, 9.17) is 4.74 Å². The molecule has 4 rings (SSSR count). The van der Waals surface area contributed by atoms with Gasteiger partial charge in [-0.25, -0.2) is 0 Å². The molecular formula is C24H21N3O. The number of hydrogen-bond acceptors (Lipinski definition) is 4. The second kappa shape index (κ2) is 8.44. The minimum atomic E-state index is 0.149. The zero-order valence-electron chi connectivity index (χ0n) is 15.7. The quantitative estimate of drug-likeness (QED) is 0.485. The largest absolute Gasteiger partial charge is 0.497 e. The van der Waals surface area contributed by atoms with E-state index >= 15 is 0 Å². The van der Waals surface area contributed by atoms with Crippen molar-refractivity contribution in [2.45, 2.75) is 12.3 Å². The third-order valence-corrected chi connectivity index (χ3v) is 4.83. The van der Waals surface area contributed by atoms with Crippen molar-refractivity contribution in [3.8, 4) is 17.0 Å². The molecule has 3 aromatic heterocycles. The molecule has 0 aliphatic heterocycles. The summed E-state index contributed by atoms with van der Waals surface area (Å²) in [6, 6.07) is 20.3. The number of methoxy groups -OCH3 is 1. The fourth-order valence-corrected chi connectivity index (χ4v) is 3.45. The lowest BCUT2D eigenvalue weighted by Gasteiger charge is -2.19. The van der Waals surface area contributed by atoms with Gasteiger partial charge >= 0.3 is 0 Å². The monoisotopic (exact) mass is 367 g/mol. The predicted octanol–water partition coefficient (Wildman–Crippen LogP) is 4.92. The summed E-state index contributed by atoms with van der Waals surface area (Å²) in [6.45, 7) is 0. The van der Waals surface area contributed by atoms with E-state index in [1.807, 2.05) is 55.0 Å². The van der Waals surface area contributed by atoms with Crippen molar-refractivity contribution in [3.63, 3.8) is 0 Å². The molecule has 0 atom stereocenters. The molecule has 0 spiro atoms. The van der Waals surface area contributed by atoms with Gasteiger partial charge in [-0.3, -0.25) is 15.0 Å². The molecule has 0 N–H and O–H groups in total. The van der Waals surface area contributed by atoms with E-state index in [0.717, 1.165) is 34.6 Å². The standard InChI is InChI=1S/C24H21N3O/c1-28-22-10-2-6-18(14-22)24-19(7-5-13-27-24)15-23(20-8-3-11-25-16-20)21-9-4-12-26-17-21/h2-14,16-17,23H,15H2,1H3. The summed E-state index contributed by atoms with van der Waals surface area (Å²) in [5, 5.41) is 0. The molecule has 1 aromatic carbocycles. The molecule has 0 unspecified atom stereocenters. The van der Waals surface area contributed by atoms with Gasteiger partial charge in [-0.05, 0) is 53.4 Å². The summed E-state index contributed by atoms with van der Waals surface area (Å²) in [6.07, 6.45) is 10.1. The van der Waals surface area contributed by atoms with Crippen LogP contribution < -0.4 is 4.74 Å². The SMILES string of the molecule is COc1cccc(-c2ncccc2CC(c2cccnc2)c2cccnc2)c1. The molecule has 138 valence electrons. The Morgan fingerprint density at radius 1 is 0.821 bits per heavy atom. The van der Waals surface area contributed by atoms with Crippen molar-refractivity contribution in [2.75, 3.05) is 7.11 Å². The van der Waals surface area contributed by atoms with E-state index in [9.17, 15) is 0 Å². The smallest absolute Gasteiger partial charge is 0.119 e. The first-order valence-electron chi connectivity index (χ1n) is 9.23.